The number of hydrogen-bond donors (Lipinski definition) is 1. The number of benzene rings is 1. The Balaban J connectivity index is 2.34. The summed E-state index contributed by atoms with van der Waals surface area (Å²) >= 11 is 0. The molecule has 15 heavy (non-hydrogen) atoms. The minimum absolute atomic E-state index is 0.219. The first-order valence-electron chi connectivity index (χ1n) is 5.39. The Labute approximate surface area is 90.2 Å². The van der Waals surface area contributed by atoms with Crippen molar-refractivity contribution < 1.29 is 5.11 Å². The largest absolute Gasteiger partial charge is 0.393 e. The third-order valence-electron chi connectivity index (χ3n) is 2.85. The zero-order chi connectivity index (χ0) is 10.8. The van der Waals surface area contributed by atoms with Gasteiger partial charge in [-0.1, -0.05) is 12.1 Å². The van der Waals surface area contributed by atoms with Crippen molar-refractivity contribution in [2.24, 2.45) is 7.05 Å². The standard InChI is InChI=1S/C13H17NO/c1-10(15)6-7-11-4-3-5-13-12(11)8-9-14(13)2/h3-5,8-10,15H,6-7H2,1-2H3. The molecule has 0 aliphatic rings. The number of hydrogen-bond acceptors (Lipinski definition) is 1. The van der Waals surface area contributed by atoms with E-state index in [-0.39, 0.29) is 6.10 Å². The van der Waals surface area contributed by atoms with E-state index < -0.39 is 0 Å². The number of aliphatic hydroxyl groups is 1. The number of aryl methyl sites for hydroxylation is 2. The van der Waals surface area contributed by atoms with Crippen LogP contribution in [0.5, 0.6) is 0 Å². The van der Waals surface area contributed by atoms with Crippen LogP contribution in [0.4, 0.5) is 0 Å². The molecule has 1 aromatic heterocycles. The molecule has 0 fully saturated rings. The van der Waals surface area contributed by atoms with E-state index >= 15 is 0 Å². The molecule has 1 aromatic carbocycles. The average molecular weight is 203 g/mol. The second-order valence-corrected chi connectivity index (χ2v) is 4.16. The summed E-state index contributed by atoms with van der Waals surface area (Å²) in [5.74, 6) is 0. The molecule has 0 saturated heterocycles. The van der Waals surface area contributed by atoms with Crippen molar-refractivity contribution in [3.8, 4) is 0 Å². The van der Waals surface area contributed by atoms with Gasteiger partial charge in [0.05, 0.1) is 6.10 Å². The fourth-order valence-electron chi connectivity index (χ4n) is 1.95. The van der Waals surface area contributed by atoms with Gasteiger partial charge in [0, 0.05) is 24.1 Å². The van der Waals surface area contributed by atoms with Crippen molar-refractivity contribution in [3.05, 3.63) is 36.0 Å². The van der Waals surface area contributed by atoms with Crippen LogP contribution in [0, 0.1) is 0 Å². The molecule has 0 bridgehead atoms. The van der Waals surface area contributed by atoms with Gasteiger partial charge in [-0.25, -0.2) is 0 Å². The van der Waals surface area contributed by atoms with E-state index in [2.05, 4.69) is 42.1 Å². The molecule has 2 aromatic rings. The normalized spacial score (nSPS) is 13.3. The van der Waals surface area contributed by atoms with Crippen LogP contribution in [-0.4, -0.2) is 15.8 Å². The number of aromatic nitrogens is 1. The summed E-state index contributed by atoms with van der Waals surface area (Å²) in [7, 11) is 2.06. The third-order valence-corrected chi connectivity index (χ3v) is 2.85. The fraction of sp³-hybridized carbons (Fsp3) is 0.385. The van der Waals surface area contributed by atoms with E-state index in [0.717, 1.165) is 12.8 Å². The molecule has 0 spiro atoms. The second-order valence-electron chi connectivity index (χ2n) is 4.16. The minimum Gasteiger partial charge on any atom is -0.393 e. The summed E-state index contributed by atoms with van der Waals surface area (Å²) in [5, 5.41) is 10.6. The molecule has 2 nitrogen and oxygen atoms in total. The van der Waals surface area contributed by atoms with Crippen molar-refractivity contribution in [2.75, 3.05) is 0 Å². The van der Waals surface area contributed by atoms with Crippen LogP contribution < -0.4 is 0 Å². The van der Waals surface area contributed by atoms with E-state index in [1.807, 2.05) is 6.92 Å². The molecule has 0 radical (unpaired) electrons. The Morgan fingerprint density at radius 3 is 2.87 bits per heavy atom. The maximum atomic E-state index is 9.29. The number of aliphatic hydroxyl groups excluding tert-OH is 1. The van der Waals surface area contributed by atoms with Crippen molar-refractivity contribution in [3.63, 3.8) is 0 Å². The highest BCUT2D eigenvalue weighted by Gasteiger charge is 2.04. The van der Waals surface area contributed by atoms with Crippen molar-refractivity contribution in [2.45, 2.75) is 25.9 Å². The molecule has 1 N–H and O–H groups in total. The van der Waals surface area contributed by atoms with E-state index in [1.54, 1.807) is 0 Å². The highest BCUT2D eigenvalue weighted by atomic mass is 16.3. The molecule has 0 aliphatic heterocycles. The first kappa shape index (κ1) is 10.2. The topological polar surface area (TPSA) is 25.2 Å². The predicted molar refractivity (Wildman–Crippen MR) is 62.9 cm³/mol. The smallest absolute Gasteiger partial charge is 0.0515 e. The van der Waals surface area contributed by atoms with Crippen molar-refractivity contribution in [1.82, 2.24) is 4.57 Å². The quantitative estimate of drug-likeness (QED) is 0.814. The number of fused-ring (bicyclic) bond motifs is 1. The first-order chi connectivity index (χ1) is 7.18. The average Bonchev–Trinajstić information content (AvgIpc) is 2.58. The molecular formula is C13H17NO. The lowest BCUT2D eigenvalue weighted by Gasteiger charge is -2.06. The number of nitrogens with zero attached hydrogens (tertiary/aromatic N) is 1. The van der Waals surface area contributed by atoms with Gasteiger partial charge in [-0.3, -0.25) is 0 Å². The lowest BCUT2D eigenvalue weighted by molar-refractivity contribution is 0.185. The fourth-order valence-corrected chi connectivity index (χ4v) is 1.95. The van der Waals surface area contributed by atoms with Crippen molar-refractivity contribution >= 4 is 10.9 Å². The van der Waals surface area contributed by atoms with Gasteiger partial charge in [-0.2, -0.15) is 0 Å². The molecule has 1 heterocycles. The monoisotopic (exact) mass is 203 g/mol. The molecule has 2 rings (SSSR count). The Bertz CT molecular complexity index is 457. The van der Waals surface area contributed by atoms with Crippen LogP contribution in [-0.2, 0) is 13.5 Å². The molecule has 0 saturated carbocycles. The Morgan fingerprint density at radius 1 is 1.33 bits per heavy atom. The van der Waals surface area contributed by atoms with E-state index in [9.17, 15) is 5.11 Å². The maximum absolute atomic E-state index is 9.29. The minimum atomic E-state index is -0.219. The van der Waals surface area contributed by atoms with Gasteiger partial charge < -0.3 is 9.67 Å². The van der Waals surface area contributed by atoms with Crippen LogP contribution in [0.2, 0.25) is 0 Å². The van der Waals surface area contributed by atoms with Crippen molar-refractivity contribution in [1.29, 1.82) is 0 Å². The van der Waals surface area contributed by atoms with Gasteiger partial charge in [-0.15, -0.1) is 0 Å². The summed E-state index contributed by atoms with van der Waals surface area (Å²) in [6, 6.07) is 8.50. The lowest BCUT2D eigenvalue weighted by atomic mass is 10.0. The van der Waals surface area contributed by atoms with E-state index in [1.165, 1.54) is 16.5 Å². The Hall–Kier alpha value is -1.28. The van der Waals surface area contributed by atoms with E-state index in [4.69, 9.17) is 0 Å². The van der Waals surface area contributed by atoms with Gasteiger partial charge in [0.15, 0.2) is 0 Å². The summed E-state index contributed by atoms with van der Waals surface area (Å²) in [6.07, 6.45) is 3.63. The lowest BCUT2D eigenvalue weighted by Crippen LogP contribution is -2.01. The summed E-state index contributed by atoms with van der Waals surface area (Å²) < 4.78 is 2.13. The van der Waals surface area contributed by atoms with Gasteiger partial charge in [0.2, 0.25) is 0 Å². The van der Waals surface area contributed by atoms with E-state index in [0.29, 0.717) is 0 Å². The first-order valence-corrected chi connectivity index (χ1v) is 5.39. The van der Waals surface area contributed by atoms with Gasteiger partial charge in [0.1, 0.15) is 0 Å². The highest BCUT2D eigenvalue weighted by Crippen LogP contribution is 2.20. The second kappa shape index (κ2) is 4.07. The van der Waals surface area contributed by atoms with Crippen LogP contribution in [0.25, 0.3) is 10.9 Å². The zero-order valence-corrected chi connectivity index (χ0v) is 9.27. The molecule has 1 unspecified atom stereocenters. The van der Waals surface area contributed by atoms with Crippen LogP contribution >= 0.6 is 0 Å². The molecular weight excluding hydrogens is 186 g/mol. The molecule has 80 valence electrons. The zero-order valence-electron chi connectivity index (χ0n) is 9.27. The number of rotatable bonds is 3. The third kappa shape index (κ3) is 2.05. The molecule has 0 aliphatic carbocycles. The van der Waals surface area contributed by atoms with Gasteiger partial charge in [-0.05, 0) is 37.5 Å². The summed E-state index contributed by atoms with van der Waals surface area (Å²) in [5.41, 5.74) is 2.59. The summed E-state index contributed by atoms with van der Waals surface area (Å²) in [6.45, 7) is 1.84. The Kier molecular flexibility index (Phi) is 2.78. The van der Waals surface area contributed by atoms with Gasteiger partial charge in [0.25, 0.3) is 0 Å². The van der Waals surface area contributed by atoms with Crippen LogP contribution in [0.3, 0.4) is 0 Å². The van der Waals surface area contributed by atoms with Gasteiger partial charge >= 0.3 is 0 Å². The molecule has 0 amide bonds. The van der Waals surface area contributed by atoms with Crippen LogP contribution in [0.1, 0.15) is 18.9 Å². The SMILES string of the molecule is CC(O)CCc1cccc2c1ccn2C. The molecule has 2 heteroatoms. The predicted octanol–water partition coefficient (Wildman–Crippen LogP) is 2.49. The highest BCUT2D eigenvalue weighted by molar-refractivity contribution is 5.83. The summed E-state index contributed by atoms with van der Waals surface area (Å²) in [4.78, 5) is 0. The Morgan fingerprint density at radius 2 is 2.13 bits per heavy atom. The van der Waals surface area contributed by atoms with Crippen LogP contribution in [0.15, 0.2) is 30.5 Å². The molecule has 1 atom stereocenters. The maximum Gasteiger partial charge on any atom is 0.0515 e.